The van der Waals surface area contributed by atoms with Crippen LogP contribution in [0.3, 0.4) is 0 Å². The highest BCUT2D eigenvalue weighted by Gasteiger charge is 2.27. The monoisotopic (exact) mass is 358 g/mol. The third-order valence-electron chi connectivity index (χ3n) is 3.69. The molecule has 0 spiro atoms. The van der Waals surface area contributed by atoms with E-state index in [1.165, 1.54) is 0 Å². The van der Waals surface area contributed by atoms with Gasteiger partial charge in [-0.25, -0.2) is 0 Å². The number of carbonyl (C=O) groups is 1. The number of nitrogens with one attached hydrogen (secondary N) is 1. The highest BCUT2D eigenvalue weighted by Crippen LogP contribution is 2.24. The quantitative estimate of drug-likeness (QED) is 0.817. The molecule has 0 bridgehead atoms. The van der Waals surface area contributed by atoms with Crippen LogP contribution in [0.2, 0.25) is 10.0 Å². The summed E-state index contributed by atoms with van der Waals surface area (Å²) >= 11 is 12.2. The van der Waals surface area contributed by atoms with Crippen LogP contribution in [0.15, 0.2) is 18.2 Å². The average molecular weight is 359 g/mol. The van der Waals surface area contributed by atoms with Gasteiger partial charge in [-0.2, -0.15) is 0 Å². The fraction of sp³-hybridized carbons (Fsp3) is 0.588. The first-order valence-electron chi connectivity index (χ1n) is 7.85. The van der Waals surface area contributed by atoms with Crippen LogP contribution in [-0.2, 0) is 16.1 Å². The normalized spacial score (nSPS) is 18.4. The summed E-state index contributed by atoms with van der Waals surface area (Å²) in [5, 5.41) is 4.57. The number of rotatable bonds is 5. The molecule has 1 atom stereocenters. The zero-order valence-corrected chi connectivity index (χ0v) is 15.4. The van der Waals surface area contributed by atoms with Crippen LogP contribution in [-0.4, -0.2) is 42.1 Å². The van der Waals surface area contributed by atoms with Gasteiger partial charge in [-0.15, -0.1) is 0 Å². The molecule has 0 amide bonds. The number of ether oxygens (including phenoxy) is 1. The second kappa shape index (κ2) is 7.84. The van der Waals surface area contributed by atoms with Gasteiger partial charge in [0.1, 0.15) is 5.60 Å². The van der Waals surface area contributed by atoms with E-state index < -0.39 is 5.60 Å². The molecule has 1 aromatic rings. The van der Waals surface area contributed by atoms with Crippen LogP contribution in [0.25, 0.3) is 0 Å². The van der Waals surface area contributed by atoms with Crippen molar-refractivity contribution in [2.45, 2.75) is 45.4 Å². The van der Waals surface area contributed by atoms with Gasteiger partial charge in [0.2, 0.25) is 0 Å². The summed E-state index contributed by atoms with van der Waals surface area (Å²) in [6.45, 7) is 8.31. The lowest BCUT2D eigenvalue weighted by Gasteiger charge is -2.29. The first-order chi connectivity index (χ1) is 10.7. The fourth-order valence-electron chi connectivity index (χ4n) is 2.67. The van der Waals surface area contributed by atoms with E-state index in [-0.39, 0.29) is 12.5 Å². The zero-order valence-electron chi connectivity index (χ0n) is 13.9. The summed E-state index contributed by atoms with van der Waals surface area (Å²) in [4.78, 5) is 14.3. The lowest BCUT2D eigenvalue weighted by atomic mass is 10.1. The number of hydrogen-bond acceptors (Lipinski definition) is 4. The van der Waals surface area contributed by atoms with E-state index in [2.05, 4.69) is 10.2 Å². The molecule has 1 fully saturated rings. The first kappa shape index (κ1) is 18.5. The Hall–Kier alpha value is -0.810. The molecule has 1 aromatic carbocycles. The topological polar surface area (TPSA) is 41.6 Å². The van der Waals surface area contributed by atoms with Crippen molar-refractivity contribution >= 4 is 29.2 Å². The van der Waals surface area contributed by atoms with Gasteiger partial charge in [0.25, 0.3) is 0 Å². The van der Waals surface area contributed by atoms with E-state index >= 15 is 0 Å². The van der Waals surface area contributed by atoms with E-state index in [1.807, 2.05) is 32.9 Å². The van der Waals surface area contributed by atoms with Gasteiger partial charge in [0, 0.05) is 29.2 Å². The molecule has 1 heterocycles. The van der Waals surface area contributed by atoms with Crippen molar-refractivity contribution < 1.29 is 9.53 Å². The standard InChI is InChI=1S/C17H24Cl2N2O2/c1-17(2,3)23-16(22)11-21(14-6-7-20-9-14)10-12-4-5-13(18)8-15(12)19/h4-5,8,14,20H,6-7,9-11H2,1-3H3/t14-/m1/s1. The van der Waals surface area contributed by atoms with Gasteiger partial charge in [-0.1, -0.05) is 29.3 Å². The molecule has 128 valence electrons. The second-order valence-electron chi connectivity index (χ2n) is 6.87. The summed E-state index contributed by atoms with van der Waals surface area (Å²) in [6, 6.07) is 5.77. The van der Waals surface area contributed by atoms with E-state index in [9.17, 15) is 4.79 Å². The zero-order chi connectivity index (χ0) is 17.0. The molecular weight excluding hydrogens is 335 g/mol. The highest BCUT2D eigenvalue weighted by molar-refractivity contribution is 6.35. The summed E-state index contributed by atoms with van der Waals surface area (Å²) in [5.41, 5.74) is 0.487. The highest BCUT2D eigenvalue weighted by atomic mass is 35.5. The maximum absolute atomic E-state index is 12.2. The molecule has 0 saturated carbocycles. The third kappa shape index (κ3) is 5.96. The molecule has 2 rings (SSSR count). The van der Waals surface area contributed by atoms with Crippen LogP contribution in [0.1, 0.15) is 32.8 Å². The van der Waals surface area contributed by atoms with Gasteiger partial charge in [0.05, 0.1) is 6.54 Å². The minimum atomic E-state index is -0.478. The molecule has 1 aliphatic rings. The maximum atomic E-state index is 12.2. The number of benzene rings is 1. The van der Waals surface area contributed by atoms with Crippen molar-refractivity contribution in [1.82, 2.24) is 10.2 Å². The fourth-order valence-corrected chi connectivity index (χ4v) is 3.14. The largest absolute Gasteiger partial charge is 0.459 e. The summed E-state index contributed by atoms with van der Waals surface area (Å²) in [6.07, 6.45) is 1.01. The minimum absolute atomic E-state index is 0.213. The lowest BCUT2D eigenvalue weighted by Crippen LogP contribution is -2.42. The van der Waals surface area contributed by atoms with Crippen LogP contribution in [0.4, 0.5) is 0 Å². The molecule has 0 radical (unpaired) electrons. The maximum Gasteiger partial charge on any atom is 0.320 e. The van der Waals surface area contributed by atoms with Crippen molar-refractivity contribution in [2.24, 2.45) is 0 Å². The summed E-state index contributed by atoms with van der Waals surface area (Å²) in [5.74, 6) is -0.213. The van der Waals surface area contributed by atoms with E-state index in [1.54, 1.807) is 6.07 Å². The van der Waals surface area contributed by atoms with Gasteiger partial charge in [0.15, 0.2) is 0 Å². The molecule has 0 aliphatic carbocycles. The Morgan fingerprint density at radius 2 is 2.13 bits per heavy atom. The molecule has 0 aromatic heterocycles. The molecule has 4 nitrogen and oxygen atoms in total. The second-order valence-corrected chi connectivity index (χ2v) is 7.72. The Morgan fingerprint density at radius 1 is 1.39 bits per heavy atom. The van der Waals surface area contributed by atoms with Crippen molar-refractivity contribution in [1.29, 1.82) is 0 Å². The van der Waals surface area contributed by atoms with Crippen LogP contribution in [0, 0.1) is 0 Å². The Bertz CT molecular complexity index is 552. The number of hydrogen-bond donors (Lipinski definition) is 1. The molecule has 0 unspecified atom stereocenters. The third-order valence-corrected chi connectivity index (χ3v) is 4.28. The summed E-state index contributed by atoms with van der Waals surface area (Å²) in [7, 11) is 0. The molecule has 1 saturated heterocycles. The Balaban J connectivity index is 2.09. The van der Waals surface area contributed by atoms with Crippen molar-refractivity contribution in [2.75, 3.05) is 19.6 Å². The molecule has 1 aliphatic heterocycles. The predicted molar refractivity (Wildman–Crippen MR) is 94.0 cm³/mol. The van der Waals surface area contributed by atoms with Gasteiger partial charge in [-0.3, -0.25) is 9.69 Å². The Labute approximate surface area is 148 Å². The molecule has 6 heteroatoms. The Morgan fingerprint density at radius 3 is 2.70 bits per heavy atom. The van der Waals surface area contributed by atoms with Crippen LogP contribution >= 0.6 is 23.2 Å². The van der Waals surface area contributed by atoms with E-state index in [0.29, 0.717) is 22.6 Å². The number of carbonyl (C=O) groups excluding carboxylic acids is 1. The molecule has 1 N–H and O–H groups in total. The number of esters is 1. The summed E-state index contributed by atoms with van der Waals surface area (Å²) < 4.78 is 5.46. The van der Waals surface area contributed by atoms with Crippen molar-refractivity contribution in [3.8, 4) is 0 Å². The minimum Gasteiger partial charge on any atom is -0.459 e. The van der Waals surface area contributed by atoms with Gasteiger partial charge < -0.3 is 10.1 Å². The van der Waals surface area contributed by atoms with Crippen LogP contribution in [0.5, 0.6) is 0 Å². The predicted octanol–water partition coefficient (Wildman–Crippen LogP) is 3.50. The smallest absolute Gasteiger partial charge is 0.320 e. The van der Waals surface area contributed by atoms with Gasteiger partial charge >= 0.3 is 5.97 Å². The Kier molecular flexibility index (Phi) is 6.32. The number of halogens is 2. The SMILES string of the molecule is CC(C)(C)OC(=O)CN(Cc1ccc(Cl)cc1Cl)[C@@H]1CCNC1. The number of nitrogens with zero attached hydrogens (tertiary/aromatic N) is 1. The van der Waals surface area contributed by atoms with Crippen molar-refractivity contribution in [3.05, 3.63) is 33.8 Å². The lowest BCUT2D eigenvalue weighted by molar-refractivity contribution is -0.156. The average Bonchev–Trinajstić information content (AvgIpc) is 2.92. The molecular formula is C17H24Cl2N2O2. The van der Waals surface area contributed by atoms with E-state index in [4.69, 9.17) is 27.9 Å². The van der Waals surface area contributed by atoms with Crippen LogP contribution < -0.4 is 5.32 Å². The van der Waals surface area contributed by atoms with Gasteiger partial charge in [-0.05, 0) is 51.4 Å². The van der Waals surface area contributed by atoms with E-state index in [0.717, 1.165) is 25.1 Å². The first-order valence-corrected chi connectivity index (χ1v) is 8.61. The van der Waals surface area contributed by atoms with Crippen molar-refractivity contribution in [3.63, 3.8) is 0 Å². The molecule has 23 heavy (non-hydrogen) atoms.